The number of hydrogen-bond acceptors (Lipinski definition) is 6. The van der Waals surface area contributed by atoms with E-state index in [4.69, 9.17) is 4.74 Å². The van der Waals surface area contributed by atoms with E-state index < -0.39 is 0 Å². The van der Waals surface area contributed by atoms with E-state index in [9.17, 15) is 4.79 Å². The fraction of sp³-hybridized carbons (Fsp3) is 0.100. The first-order valence-electron chi connectivity index (χ1n) is 8.65. The Labute approximate surface area is 178 Å². The van der Waals surface area contributed by atoms with Crippen LogP contribution in [-0.4, -0.2) is 21.9 Å². The highest BCUT2D eigenvalue weighted by Crippen LogP contribution is 2.28. The van der Waals surface area contributed by atoms with Gasteiger partial charge in [-0.15, -0.1) is 21.6 Å². The third-order valence-electron chi connectivity index (χ3n) is 4.22. The minimum absolute atomic E-state index is 0.252. The number of methoxy groups -OCH3 is 1. The van der Waals surface area contributed by atoms with Gasteiger partial charge in [0.1, 0.15) is 5.75 Å². The topological polar surface area (TPSA) is 84.6 Å². The second-order valence-electron chi connectivity index (χ2n) is 6.12. The number of ether oxygens (including phenoxy) is 1. The number of azo groups is 1. The highest BCUT2D eigenvalue weighted by atomic mass is 79.9. The molecule has 1 N–H and O–H groups in total. The lowest BCUT2D eigenvalue weighted by Crippen LogP contribution is -2.13. The van der Waals surface area contributed by atoms with Crippen molar-refractivity contribution in [3.05, 3.63) is 74.4 Å². The third kappa shape index (κ3) is 3.92. The van der Waals surface area contributed by atoms with E-state index in [1.807, 2.05) is 53.9 Å². The van der Waals surface area contributed by atoms with Crippen molar-refractivity contribution in [1.29, 1.82) is 0 Å². The van der Waals surface area contributed by atoms with Crippen LogP contribution in [-0.2, 0) is 0 Å². The number of thiazole rings is 1. The largest absolute Gasteiger partial charge is 0.497 e. The number of nitrogens with one attached hydrogen (secondary N) is 1. The van der Waals surface area contributed by atoms with Gasteiger partial charge in [-0.2, -0.15) is 4.68 Å². The van der Waals surface area contributed by atoms with Gasteiger partial charge in [-0.05, 0) is 59.3 Å². The van der Waals surface area contributed by atoms with E-state index in [2.05, 4.69) is 36.2 Å². The van der Waals surface area contributed by atoms with Crippen LogP contribution in [0.15, 0.2) is 73.4 Å². The van der Waals surface area contributed by atoms with Crippen LogP contribution in [0.2, 0.25) is 0 Å². The minimum atomic E-state index is -0.297. The second-order valence-corrected chi connectivity index (χ2v) is 7.81. The number of rotatable bonds is 5. The summed E-state index contributed by atoms with van der Waals surface area (Å²) < 4.78 is 7.38. The van der Waals surface area contributed by atoms with Crippen molar-refractivity contribution < 1.29 is 4.74 Å². The predicted molar refractivity (Wildman–Crippen MR) is 117 cm³/mol. The molecule has 0 aliphatic carbocycles. The predicted octanol–water partition coefficient (Wildman–Crippen LogP) is 5.78. The molecule has 0 aliphatic rings. The van der Waals surface area contributed by atoms with Crippen molar-refractivity contribution in [2.24, 2.45) is 10.2 Å². The molecule has 0 saturated heterocycles. The number of aromatic nitrogens is 3. The summed E-state index contributed by atoms with van der Waals surface area (Å²) in [5.74, 6) is 0.778. The lowest BCUT2D eigenvalue weighted by Gasteiger charge is -2.00. The van der Waals surface area contributed by atoms with Crippen LogP contribution < -0.4 is 10.3 Å². The molecule has 0 bridgehead atoms. The molecule has 0 spiro atoms. The molecule has 0 saturated carbocycles. The first-order chi connectivity index (χ1) is 14.1. The molecule has 7 nitrogen and oxygen atoms in total. The summed E-state index contributed by atoms with van der Waals surface area (Å²) in [7, 11) is 1.63. The lowest BCUT2D eigenvalue weighted by molar-refractivity contribution is 0.415. The lowest BCUT2D eigenvalue weighted by atomic mass is 10.2. The molecular formula is C20H16BrN5O2S. The average Bonchev–Trinajstić information content (AvgIpc) is 3.33. The van der Waals surface area contributed by atoms with Gasteiger partial charge in [-0.1, -0.05) is 12.1 Å². The number of halogens is 1. The molecule has 0 atom stereocenters. The van der Waals surface area contributed by atoms with Gasteiger partial charge in [-0.25, -0.2) is 4.98 Å². The zero-order valence-electron chi connectivity index (χ0n) is 15.6. The SMILES string of the molecule is COc1ccc(-c2csc(-n3[nH]c(C)c(N=Nc4ccccc4Br)c3=O)n2)cc1. The second kappa shape index (κ2) is 8.14. The number of aryl methyl sites for hydroxylation is 1. The number of hydrogen-bond donors (Lipinski definition) is 1. The maximum absolute atomic E-state index is 12.8. The summed E-state index contributed by atoms with van der Waals surface area (Å²) in [5.41, 5.74) is 2.94. The number of H-pyrrole nitrogens is 1. The Balaban J connectivity index is 1.65. The van der Waals surface area contributed by atoms with Crippen LogP contribution in [0.25, 0.3) is 16.4 Å². The Kier molecular flexibility index (Phi) is 5.41. The number of aromatic amines is 1. The Hall–Kier alpha value is -3.04. The van der Waals surface area contributed by atoms with Crippen LogP contribution in [0.1, 0.15) is 5.69 Å². The summed E-state index contributed by atoms with van der Waals surface area (Å²) >= 11 is 4.79. The molecule has 4 aromatic rings. The maximum atomic E-state index is 12.8. The van der Waals surface area contributed by atoms with Crippen molar-refractivity contribution >= 4 is 38.6 Å². The zero-order chi connectivity index (χ0) is 20.4. The van der Waals surface area contributed by atoms with Gasteiger partial charge in [0.05, 0.1) is 24.2 Å². The molecule has 2 heterocycles. The molecule has 4 rings (SSSR count). The summed E-state index contributed by atoms with van der Waals surface area (Å²) in [6.07, 6.45) is 0. The van der Waals surface area contributed by atoms with Crippen molar-refractivity contribution in [3.8, 4) is 22.1 Å². The van der Waals surface area contributed by atoms with Crippen LogP contribution in [0.5, 0.6) is 5.75 Å². The zero-order valence-corrected chi connectivity index (χ0v) is 18.0. The Morgan fingerprint density at radius 3 is 2.62 bits per heavy atom. The van der Waals surface area contributed by atoms with Gasteiger partial charge in [0, 0.05) is 15.4 Å². The Bertz CT molecular complexity index is 1240. The summed E-state index contributed by atoms with van der Waals surface area (Å²) in [5, 5.41) is 13.8. The van der Waals surface area contributed by atoms with Crippen molar-refractivity contribution in [2.75, 3.05) is 7.11 Å². The first-order valence-corrected chi connectivity index (χ1v) is 10.3. The van der Waals surface area contributed by atoms with E-state index in [0.717, 1.165) is 21.5 Å². The Morgan fingerprint density at radius 1 is 1.14 bits per heavy atom. The number of benzene rings is 2. The van der Waals surface area contributed by atoms with E-state index in [1.165, 1.54) is 16.0 Å². The van der Waals surface area contributed by atoms with E-state index in [0.29, 0.717) is 16.5 Å². The fourth-order valence-electron chi connectivity index (χ4n) is 2.69. The molecule has 0 fully saturated rings. The summed E-state index contributed by atoms with van der Waals surface area (Å²) in [6.45, 7) is 1.78. The van der Waals surface area contributed by atoms with E-state index in [-0.39, 0.29) is 11.2 Å². The summed E-state index contributed by atoms with van der Waals surface area (Å²) in [6, 6.07) is 15.0. The minimum Gasteiger partial charge on any atom is -0.497 e. The van der Waals surface area contributed by atoms with Gasteiger partial charge in [0.25, 0.3) is 0 Å². The van der Waals surface area contributed by atoms with Crippen LogP contribution in [0.4, 0.5) is 11.4 Å². The van der Waals surface area contributed by atoms with Crippen LogP contribution >= 0.6 is 27.3 Å². The quantitative estimate of drug-likeness (QED) is 0.375. The highest BCUT2D eigenvalue weighted by molar-refractivity contribution is 9.10. The summed E-state index contributed by atoms with van der Waals surface area (Å²) in [4.78, 5) is 17.4. The molecular weight excluding hydrogens is 454 g/mol. The molecule has 9 heteroatoms. The molecule has 146 valence electrons. The third-order valence-corrected chi connectivity index (χ3v) is 5.72. The average molecular weight is 470 g/mol. The smallest absolute Gasteiger partial charge is 0.301 e. The van der Waals surface area contributed by atoms with Crippen LogP contribution in [0.3, 0.4) is 0 Å². The van der Waals surface area contributed by atoms with Gasteiger partial charge in [-0.3, -0.25) is 9.89 Å². The first kappa shape index (κ1) is 19.3. The van der Waals surface area contributed by atoms with Gasteiger partial charge >= 0.3 is 5.56 Å². The van der Waals surface area contributed by atoms with Crippen molar-refractivity contribution in [1.82, 2.24) is 14.8 Å². The van der Waals surface area contributed by atoms with Crippen molar-refractivity contribution in [2.45, 2.75) is 6.92 Å². The van der Waals surface area contributed by atoms with Gasteiger partial charge < -0.3 is 4.74 Å². The highest BCUT2D eigenvalue weighted by Gasteiger charge is 2.15. The fourth-order valence-corrected chi connectivity index (χ4v) is 3.84. The molecule has 29 heavy (non-hydrogen) atoms. The number of nitrogens with zero attached hydrogens (tertiary/aromatic N) is 4. The normalized spacial score (nSPS) is 11.3. The van der Waals surface area contributed by atoms with Crippen molar-refractivity contribution in [3.63, 3.8) is 0 Å². The molecule has 0 unspecified atom stereocenters. The maximum Gasteiger partial charge on any atom is 0.301 e. The standard InChI is InChI=1S/C20H16BrN5O2S/c1-12-18(24-23-16-6-4-3-5-15(16)21)19(27)26(25-12)20-22-17(11-29-20)13-7-9-14(28-2)10-8-13/h3-11,25H,1-2H3. The van der Waals surface area contributed by atoms with E-state index >= 15 is 0 Å². The molecule has 0 radical (unpaired) electrons. The monoisotopic (exact) mass is 469 g/mol. The van der Waals surface area contributed by atoms with Gasteiger partial charge in [0.15, 0.2) is 5.69 Å². The molecule has 0 amide bonds. The molecule has 0 aliphatic heterocycles. The Morgan fingerprint density at radius 2 is 1.90 bits per heavy atom. The molecule has 2 aromatic heterocycles. The van der Waals surface area contributed by atoms with Gasteiger partial charge in [0.2, 0.25) is 5.13 Å². The molecule has 2 aromatic carbocycles. The van der Waals surface area contributed by atoms with E-state index in [1.54, 1.807) is 14.0 Å². The van der Waals surface area contributed by atoms with Crippen LogP contribution in [0, 0.1) is 6.92 Å².